The van der Waals surface area contributed by atoms with Crippen molar-refractivity contribution in [1.82, 2.24) is 15.3 Å². The van der Waals surface area contributed by atoms with E-state index in [9.17, 15) is 31.1 Å². The van der Waals surface area contributed by atoms with Crippen LogP contribution in [0.25, 0.3) is 0 Å². The van der Waals surface area contributed by atoms with Crippen molar-refractivity contribution in [3.8, 4) is 0 Å². The molecule has 1 saturated heterocycles. The molecule has 1 saturated carbocycles. The Balaban J connectivity index is 0.00000380. The largest absolute Gasteiger partial charge is 0.411 e. The second kappa shape index (κ2) is 10.4. The predicted octanol–water partition coefficient (Wildman–Crippen LogP) is 5.08. The Kier molecular flexibility index (Phi) is 8.08. The first kappa shape index (κ1) is 28.6. The summed E-state index contributed by atoms with van der Waals surface area (Å²) in [4.78, 5) is 21.1. The highest BCUT2D eigenvalue weighted by atomic mass is 19.4. The molecular formula is C24H28F6N4O3. The minimum atomic E-state index is -4.58. The lowest BCUT2D eigenvalue weighted by molar-refractivity contribution is -0.170. The van der Waals surface area contributed by atoms with Crippen molar-refractivity contribution in [2.75, 3.05) is 18.5 Å². The standard InChI is InChI=1S/C23H24F6N4O3.CH4/c1-12-31-15(10-16(34)33-22(6-7-22)23(27,28)29)17(20-35-8-9-36-20)19(32-12)30-11-13-4-3-5-14(18(13)24)21(2,25)26;/h3-5,20H,6-11H2,1-2H3,(H,33,34)(H,30,31,32);1H4. The first-order chi connectivity index (χ1) is 16.8. The summed E-state index contributed by atoms with van der Waals surface area (Å²) in [7, 11) is 0. The Hall–Kier alpha value is -2.93. The van der Waals surface area contributed by atoms with Crippen LogP contribution in [-0.2, 0) is 33.2 Å². The van der Waals surface area contributed by atoms with Crippen LogP contribution in [0, 0.1) is 12.7 Å². The molecule has 2 aliphatic rings. The number of aryl methyl sites for hydroxylation is 1. The van der Waals surface area contributed by atoms with Gasteiger partial charge in [0.05, 0.1) is 36.5 Å². The van der Waals surface area contributed by atoms with Gasteiger partial charge in [-0.05, 0) is 19.8 Å². The van der Waals surface area contributed by atoms with E-state index < -0.39 is 47.6 Å². The summed E-state index contributed by atoms with van der Waals surface area (Å²) >= 11 is 0. The summed E-state index contributed by atoms with van der Waals surface area (Å²) in [5, 5.41) is 4.91. The average molecular weight is 535 g/mol. The quantitative estimate of drug-likeness (QED) is 0.460. The van der Waals surface area contributed by atoms with Gasteiger partial charge in [-0.25, -0.2) is 23.1 Å². The number of halogens is 6. The number of alkyl halides is 5. The molecule has 204 valence electrons. The summed E-state index contributed by atoms with van der Waals surface area (Å²) < 4.78 is 93.0. The van der Waals surface area contributed by atoms with E-state index in [4.69, 9.17) is 9.47 Å². The molecule has 2 heterocycles. The van der Waals surface area contributed by atoms with Gasteiger partial charge in [-0.15, -0.1) is 0 Å². The van der Waals surface area contributed by atoms with Crippen LogP contribution in [0.2, 0.25) is 0 Å². The first-order valence-corrected chi connectivity index (χ1v) is 11.2. The van der Waals surface area contributed by atoms with Crippen molar-refractivity contribution < 1.29 is 40.6 Å². The van der Waals surface area contributed by atoms with Crippen LogP contribution in [-0.4, -0.2) is 40.8 Å². The topological polar surface area (TPSA) is 85.4 Å². The fourth-order valence-corrected chi connectivity index (χ4v) is 3.98. The van der Waals surface area contributed by atoms with Crippen molar-refractivity contribution in [2.24, 2.45) is 0 Å². The van der Waals surface area contributed by atoms with Gasteiger partial charge in [0.25, 0.3) is 5.92 Å². The average Bonchev–Trinajstić information content (AvgIpc) is 3.35. The number of ether oxygens (including phenoxy) is 2. The number of anilines is 1. The van der Waals surface area contributed by atoms with Gasteiger partial charge < -0.3 is 20.1 Å². The first-order valence-electron chi connectivity index (χ1n) is 11.2. The fraction of sp³-hybridized carbons (Fsp3) is 0.542. The molecule has 0 radical (unpaired) electrons. The highest BCUT2D eigenvalue weighted by Crippen LogP contribution is 2.49. The molecule has 1 aliphatic heterocycles. The molecule has 4 rings (SSSR count). The molecule has 0 spiro atoms. The normalized spacial score (nSPS) is 17.3. The lowest BCUT2D eigenvalue weighted by Crippen LogP contribution is -2.48. The third-order valence-corrected chi connectivity index (χ3v) is 5.99. The van der Waals surface area contributed by atoms with E-state index in [0.717, 1.165) is 6.07 Å². The van der Waals surface area contributed by atoms with Crippen molar-refractivity contribution in [3.63, 3.8) is 0 Å². The molecule has 1 aromatic carbocycles. The highest BCUT2D eigenvalue weighted by molar-refractivity contribution is 5.80. The zero-order chi connectivity index (χ0) is 26.3. The number of nitrogens with zero attached hydrogens (tertiary/aromatic N) is 2. The summed E-state index contributed by atoms with van der Waals surface area (Å²) in [5.41, 5.74) is -2.83. The fourth-order valence-electron chi connectivity index (χ4n) is 3.98. The van der Waals surface area contributed by atoms with E-state index >= 15 is 0 Å². The molecule has 2 aromatic rings. The van der Waals surface area contributed by atoms with E-state index in [1.54, 1.807) is 0 Å². The van der Waals surface area contributed by atoms with Crippen LogP contribution < -0.4 is 10.6 Å². The Labute approximate surface area is 210 Å². The predicted molar refractivity (Wildman–Crippen MR) is 121 cm³/mol. The Morgan fingerprint density at radius 1 is 1.14 bits per heavy atom. The number of carbonyl (C=O) groups is 1. The third-order valence-electron chi connectivity index (χ3n) is 5.99. The molecule has 2 N–H and O–H groups in total. The lowest BCUT2D eigenvalue weighted by atomic mass is 10.0. The number of carbonyl (C=O) groups excluding carboxylic acids is 1. The number of benzene rings is 1. The Bertz CT molecular complexity index is 1140. The molecular weight excluding hydrogens is 506 g/mol. The molecule has 13 heteroatoms. The Morgan fingerprint density at radius 3 is 2.35 bits per heavy atom. The van der Waals surface area contributed by atoms with Crippen molar-refractivity contribution in [3.05, 3.63) is 52.2 Å². The molecule has 0 bridgehead atoms. The van der Waals surface area contributed by atoms with E-state index in [1.165, 1.54) is 19.1 Å². The van der Waals surface area contributed by atoms with E-state index in [2.05, 4.69) is 20.6 Å². The maximum Gasteiger partial charge on any atom is 0.411 e. The van der Waals surface area contributed by atoms with Gasteiger partial charge in [0.2, 0.25) is 5.91 Å². The van der Waals surface area contributed by atoms with Gasteiger partial charge in [0.15, 0.2) is 6.29 Å². The number of amides is 1. The van der Waals surface area contributed by atoms with Crippen molar-refractivity contribution >= 4 is 11.7 Å². The number of nitrogens with one attached hydrogen (secondary N) is 2. The zero-order valence-corrected chi connectivity index (χ0v) is 19.4. The Morgan fingerprint density at radius 2 is 1.78 bits per heavy atom. The SMILES string of the molecule is C.Cc1nc(CC(=O)NC2(C(F)(F)F)CC2)c(C2OCCO2)c(NCc2cccc(C(C)(F)F)c2F)n1. The summed E-state index contributed by atoms with van der Waals surface area (Å²) in [6.07, 6.45) is -6.53. The van der Waals surface area contributed by atoms with Crippen LogP contribution >= 0.6 is 0 Å². The van der Waals surface area contributed by atoms with Crippen LogP contribution in [0.15, 0.2) is 18.2 Å². The van der Waals surface area contributed by atoms with Crippen molar-refractivity contribution in [2.45, 2.75) is 71.0 Å². The highest BCUT2D eigenvalue weighted by Gasteiger charge is 2.64. The zero-order valence-electron chi connectivity index (χ0n) is 19.4. The van der Waals surface area contributed by atoms with Gasteiger partial charge >= 0.3 is 6.18 Å². The third kappa shape index (κ3) is 6.15. The van der Waals surface area contributed by atoms with Gasteiger partial charge in [0.1, 0.15) is 23.0 Å². The van der Waals surface area contributed by atoms with E-state index in [1.807, 2.05) is 0 Å². The molecule has 0 unspecified atom stereocenters. The summed E-state index contributed by atoms with van der Waals surface area (Å²) in [6.45, 7) is 2.26. The smallest absolute Gasteiger partial charge is 0.365 e. The van der Waals surface area contributed by atoms with Gasteiger partial charge in [0, 0.05) is 19.0 Å². The monoisotopic (exact) mass is 534 g/mol. The molecule has 7 nitrogen and oxygen atoms in total. The van der Waals surface area contributed by atoms with Gasteiger partial charge in [-0.1, -0.05) is 25.6 Å². The molecule has 0 atom stereocenters. The van der Waals surface area contributed by atoms with Crippen LogP contribution in [0.4, 0.5) is 32.2 Å². The second-order valence-electron chi connectivity index (χ2n) is 8.88. The summed E-state index contributed by atoms with van der Waals surface area (Å²) in [6, 6.07) is 3.62. The van der Waals surface area contributed by atoms with E-state index in [0.29, 0.717) is 6.92 Å². The molecule has 1 aromatic heterocycles. The number of aromatic nitrogens is 2. The summed E-state index contributed by atoms with van der Waals surface area (Å²) in [5.74, 6) is -5.11. The molecule has 1 amide bonds. The number of hydrogen-bond acceptors (Lipinski definition) is 6. The molecule has 1 aliphatic carbocycles. The number of hydrogen-bond donors (Lipinski definition) is 2. The lowest BCUT2D eigenvalue weighted by Gasteiger charge is -2.22. The maximum absolute atomic E-state index is 14.7. The van der Waals surface area contributed by atoms with Gasteiger partial charge in [-0.3, -0.25) is 4.79 Å². The molecule has 2 fully saturated rings. The van der Waals surface area contributed by atoms with Crippen LogP contribution in [0.1, 0.15) is 61.7 Å². The van der Waals surface area contributed by atoms with Crippen LogP contribution in [0.3, 0.4) is 0 Å². The van der Waals surface area contributed by atoms with Crippen LogP contribution in [0.5, 0.6) is 0 Å². The van der Waals surface area contributed by atoms with Crippen molar-refractivity contribution in [1.29, 1.82) is 0 Å². The second-order valence-corrected chi connectivity index (χ2v) is 8.88. The number of rotatable bonds is 8. The minimum Gasteiger partial charge on any atom is -0.365 e. The minimum absolute atomic E-state index is 0. The van der Waals surface area contributed by atoms with Gasteiger partial charge in [-0.2, -0.15) is 13.2 Å². The maximum atomic E-state index is 14.7. The van der Waals surface area contributed by atoms with E-state index in [-0.39, 0.29) is 68.5 Å². The molecule has 37 heavy (non-hydrogen) atoms.